The van der Waals surface area contributed by atoms with Crippen molar-refractivity contribution in [2.45, 2.75) is 0 Å². The lowest BCUT2D eigenvalue weighted by molar-refractivity contribution is 1.07. The van der Waals surface area contributed by atoms with E-state index in [1.807, 2.05) is 89.5 Å². The van der Waals surface area contributed by atoms with Crippen molar-refractivity contribution < 1.29 is 0 Å². The summed E-state index contributed by atoms with van der Waals surface area (Å²) in [4.78, 5) is 5.09. The van der Waals surface area contributed by atoms with Crippen molar-refractivity contribution in [2.75, 3.05) is 0 Å². The zero-order valence-corrected chi connectivity index (χ0v) is 20.2. The topological polar surface area (TPSA) is 17.8 Å². The van der Waals surface area contributed by atoms with Crippen LogP contribution >= 0.6 is 46.4 Å². The SMILES string of the molecule is Clc1cccc(-c2nc(-c3ccccc3)c(-c3ccccc3)n2-c2cccc(Cl)c2Cl)c1Cl. The predicted molar refractivity (Wildman–Crippen MR) is 140 cm³/mol. The number of nitrogens with zero attached hydrogens (tertiary/aromatic N) is 2. The quantitative estimate of drug-likeness (QED) is 0.236. The Labute approximate surface area is 212 Å². The average molecular weight is 510 g/mol. The van der Waals surface area contributed by atoms with E-state index in [9.17, 15) is 0 Å². The fourth-order valence-electron chi connectivity index (χ4n) is 3.84. The Morgan fingerprint density at radius 3 is 1.79 bits per heavy atom. The second-order valence-corrected chi connectivity index (χ2v) is 8.94. The Bertz CT molecular complexity index is 1440. The molecule has 0 fully saturated rings. The van der Waals surface area contributed by atoms with Gasteiger partial charge in [0.15, 0.2) is 0 Å². The molecule has 0 unspecified atom stereocenters. The second kappa shape index (κ2) is 9.24. The number of benzene rings is 4. The number of hydrogen-bond donors (Lipinski definition) is 0. The van der Waals surface area contributed by atoms with E-state index in [0.717, 1.165) is 22.5 Å². The minimum Gasteiger partial charge on any atom is -0.290 e. The molecule has 1 heterocycles. The van der Waals surface area contributed by atoms with Gasteiger partial charge in [0.2, 0.25) is 0 Å². The molecular formula is C27H16Cl4N2. The van der Waals surface area contributed by atoms with Gasteiger partial charge in [-0.15, -0.1) is 0 Å². The lowest BCUT2D eigenvalue weighted by Crippen LogP contribution is -2.02. The van der Waals surface area contributed by atoms with E-state index in [4.69, 9.17) is 51.4 Å². The van der Waals surface area contributed by atoms with Crippen molar-refractivity contribution >= 4 is 46.4 Å². The highest BCUT2D eigenvalue weighted by Gasteiger charge is 2.25. The van der Waals surface area contributed by atoms with Crippen LogP contribution in [0.15, 0.2) is 97.1 Å². The number of aromatic nitrogens is 2. The van der Waals surface area contributed by atoms with Crippen molar-refractivity contribution in [1.82, 2.24) is 9.55 Å². The lowest BCUT2D eigenvalue weighted by atomic mass is 10.0. The summed E-state index contributed by atoms with van der Waals surface area (Å²) < 4.78 is 2.00. The van der Waals surface area contributed by atoms with Crippen LogP contribution in [-0.4, -0.2) is 9.55 Å². The number of halogens is 4. The summed E-state index contributed by atoms with van der Waals surface area (Å²) in [5, 5.41) is 1.74. The molecule has 0 aliphatic rings. The fourth-order valence-corrected chi connectivity index (χ4v) is 4.60. The molecule has 0 radical (unpaired) electrons. The molecule has 0 N–H and O–H groups in total. The first-order valence-corrected chi connectivity index (χ1v) is 11.7. The zero-order chi connectivity index (χ0) is 22.9. The van der Waals surface area contributed by atoms with Crippen LogP contribution < -0.4 is 0 Å². The van der Waals surface area contributed by atoms with Crippen LogP contribution in [-0.2, 0) is 0 Å². The molecule has 6 heteroatoms. The Morgan fingerprint density at radius 2 is 1.12 bits per heavy atom. The maximum Gasteiger partial charge on any atom is 0.147 e. The van der Waals surface area contributed by atoms with Crippen LogP contribution in [0.25, 0.3) is 39.6 Å². The molecule has 33 heavy (non-hydrogen) atoms. The summed E-state index contributed by atoms with van der Waals surface area (Å²) in [7, 11) is 0. The Kier molecular flexibility index (Phi) is 6.18. The van der Waals surface area contributed by atoms with Crippen LogP contribution in [0.4, 0.5) is 0 Å². The summed E-state index contributed by atoms with van der Waals surface area (Å²) in [6.45, 7) is 0. The summed E-state index contributed by atoms with van der Waals surface area (Å²) in [6.07, 6.45) is 0. The van der Waals surface area contributed by atoms with Gasteiger partial charge in [-0.05, 0) is 24.3 Å². The third-order valence-corrected chi connectivity index (χ3v) is 6.96. The van der Waals surface area contributed by atoms with Gasteiger partial charge >= 0.3 is 0 Å². The fraction of sp³-hybridized carbons (Fsp3) is 0. The maximum absolute atomic E-state index is 6.73. The summed E-state index contributed by atoms with van der Waals surface area (Å²) in [5.74, 6) is 0.615. The van der Waals surface area contributed by atoms with Gasteiger partial charge in [0.25, 0.3) is 0 Å². The average Bonchev–Trinajstić information content (AvgIpc) is 3.24. The highest BCUT2D eigenvalue weighted by molar-refractivity contribution is 6.44. The van der Waals surface area contributed by atoms with Gasteiger partial charge in [0.1, 0.15) is 5.82 Å². The molecule has 0 atom stereocenters. The largest absolute Gasteiger partial charge is 0.290 e. The van der Waals surface area contributed by atoms with E-state index in [0.29, 0.717) is 37.2 Å². The molecule has 0 amide bonds. The van der Waals surface area contributed by atoms with Gasteiger partial charge in [0, 0.05) is 16.7 Å². The van der Waals surface area contributed by atoms with E-state index in [-0.39, 0.29) is 0 Å². The molecule has 5 aromatic rings. The number of hydrogen-bond acceptors (Lipinski definition) is 1. The van der Waals surface area contributed by atoms with Crippen molar-refractivity contribution in [1.29, 1.82) is 0 Å². The monoisotopic (exact) mass is 508 g/mol. The first-order valence-electron chi connectivity index (χ1n) is 10.2. The molecule has 0 bridgehead atoms. The van der Waals surface area contributed by atoms with Gasteiger partial charge < -0.3 is 0 Å². The summed E-state index contributed by atoms with van der Waals surface area (Å²) >= 11 is 26.2. The Hall–Kier alpha value is -2.75. The van der Waals surface area contributed by atoms with Crippen LogP contribution in [0.3, 0.4) is 0 Å². The molecule has 5 rings (SSSR count). The third kappa shape index (κ3) is 4.05. The third-order valence-electron chi connectivity index (χ3n) is 5.34. The van der Waals surface area contributed by atoms with Gasteiger partial charge in [-0.25, -0.2) is 4.98 Å². The van der Waals surface area contributed by atoms with Crippen molar-refractivity contribution in [2.24, 2.45) is 0 Å². The molecule has 1 aromatic heterocycles. The molecular weight excluding hydrogens is 494 g/mol. The van der Waals surface area contributed by atoms with Crippen LogP contribution in [0.1, 0.15) is 0 Å². The Balaban J connectivity index is 1.96. The first-order chi connectivity index (χ1) is 16.1. The molecule has 0 spiro atoms. The highest BCUT2D eigenvalue weighted by Crippen LogP contribution is 2.43. The van der Waals surface area contributed by atoms with Crippen molar-refractivity contribution in [3.05, 3.63) is 117 Å². The van der Waals surface area contributed by atoms with Crippen LogP contribution in [0, 0.1) is 0 Å². The highest BCUT2D eigenvalue weighted by atomic mass is 35.5. The molecule has 0 aliphatic carbocycles. The van der Waals surface area contributed by atoms with Crippen LogP contribution in [0.5, 0.6) is 0 Å². The second-order valence-electron chi connectivity index (χ2n) is 7.37. The number of imidazole rings is 1. The van der Waals surface area contributed by atoms with E-state index < -0.39 is 0 Å². The van der Waals surface area contributed by atoms with Gasteiger partial charge in [-0.1, -0.05) is 119 Å². The minimum absolute atomic E-state index is 0.419. The van der Waals surface area contributed by atoms with Gasteiger partial charge in [-0.2, -0.15) is 0 Å². The molecule has 2 nitrogen and oxygen atoms in total. The van der Waals surface area contributed by atoms with Gasteiger partial charge in [0.05, 0.1) is 37.2 Å². The van der Waals surface area contributed by atoms with E-state index >= 15 is 0 Å². The van der Waals surface area contributed by atoms with E-state index in [1.54, 1.807) is 12.1 Å². The number of rotatable bonds is 4. The molecule has 0 aliphatic heterocycles. The minimum atomic E-state index is 0.419. The smallest absolute Gasteiger partial charge is 0.147 e. The Morgan fingerprint density at radius 1 is 0.545 bits per heavy atom. The normalized spacial score (nSPS) is 11.0. The van der Waals surface area contributed by atoms with Crippen molar-refractivity contribution in [3.8, 4) is 39.6 Å². The summed E-state index contributed by atoms with van der Waals surface area (Å²) in [6, 6.07) is 31.1. The van der Waals surface area contributed by atoms with E-state index in [1.165, 1.54) is 0 Å². The molecule has 0 saturated carbocycles. The molecule has 162 valence electrons. The van der Waals surface area contributed by atoms with Crippen molar-refractivity contribution in [3.63, 3.8) is 0 Å². The molecule has 0 saturated heterocycles. The van der Waals surface area contributed by atoms with Crippen LogP contribution in [0.2, 0.25) is 20.1 Å². The zero-order valence-electron chi connectivity index (χ0n) is 17.1. The maximum atomic E-state index is 6.73. The standard InChI is InChI=1S/C27H16Cl4N2/c28-20-14-7-13-19(23(20)30)27-32-25(17-9-3-1-4-10-17)26(18-11-5-2-6-12-18)33(27)22-16-8-15-21(29)24(22)31/h1-16H. The summed E-state index contributed by atoms with van der Waals surface area (Å²) in [5.41, 5.74) is 5.00. The first kappa shape index (κ1) is 22.1. The molecule has 4 aromatic carbocycles. The van der Waals surface area contributed by atoms with E-state index in [2.05, 4.69) is 0 Å². The van der Waals surface area contributed by atoms with Gasteiger partial charge in [-0.3, -0.25) is 4.57 Å². The predicted octanol–water partition coefficient (Wildman–Crippen LogP) is 9.49. The lowest BCUT2D eigenvalue weighted by Gasteiger charge is -2.16.